The zero-order valence-corrected chi connectivity index (χ0v) is 7.38. The highest BCUT2D eigenvalue weighted by Crippen LogP contribution is 2.24. The van der Waals surface area contributed by atoms with E-state index in [1.165, 1.54) is 12.1 Å². The minimum absolute atomic E-state index is 0.121. The summed E-state index contributed by atoms with van der Waals surface area (Å²) in [6.07, 6.45) is 0. The van der Waals surface area contributed by atoms with Crippen LogP contribution in [0.1, 0.15) is 5.56 Å². The zero-order chi connectivity index (χ0) is 8.43. The van der Waals surface area contributed by atoms with Crippen LogP contribution < -0.4 is 0 Å². The van der Waals surface area contributed by atoms with Crippen LogP contribution in [0.15, 0.2) is 16.6 Å². The molecule has 0 amide bonds. The monoisotopic (exact) mass is 214 g/mol. The SMILES string of the molecule is Cc1c(Br)[c]ccc1[N+](=O)[O-]. The van der Waals surface area contributed by atoms with Gasteiger partial charge in [0.25, 0.3) is 5.69 Å². The van der Waals surface area contributed by atoms with Crippen LogP contribution in [0.2, 0.25) is 0 Å². The lowest BCUT2D eigenvalue weighted by atomic mass is 10.2. The second-order valence-corrected chi connectivity index (χ2v) is 2.85. The molecule has 0 saturated carbocycles. The van der Waals surface area contributed by atoms with Gasteiger partial charge in [0.1, 0.15) is 0 Å². The molecule has 0 aromatic heterocycles. The third-order valence-corrected chi connectivity index (χ3v) is 2.19. The van der Waals surface area contributed by atoms with Gasteiger partial charge in [0.2, 0.25) is 0 Å². The standard InChI is InChI=1S/C7H5BrNO2/c1-5-6(8)3-2-4-7(5)9(10)11/h2,4H,1H3. The van der Waals surface area contributed by atoms with Crippen molar-refractivity contribution >= 4 is 21.6 Å². The normalized spacial score (nSPS) is 9.64. The van der Waals surface area contributed by atoms with Crippen LogP contribution in [0.4, 0.5) is 5.69 Å². The summed E-state index contributed by atoms with van der Waals surface area (Å²) in [6, 6.07) is 5.76. The van der Waals surface area contributed by atoms with Crippen molar-refractivity contribution in [3.63, 3.8) is 0 Å². The smallest absolute Gasteiger partial charge is 0.258 e. The lowest BCUT2D eigenvalue weighted by molar-refractivity contribution is -0.385. The van der Waals surface area contributed by atoms with Crippen LogP contribution in [-0.4, -0.2) is 4.92 Å². The molecule has 1 radical (unpaired) electrons. The number of hydrogen-bond donors (Lipinski definition) is 0. The molecule has 0 N–H and O–H groups in total. The van der Waals surface area contributed by atoms with E-state index in [1.54, 1.807) is 6.92 Å². The van der Waals surface area contributed by atoms with E-state index in [4.69, 9.17) is 0 Å². The second-order valence-electron chi connectivity index (χ2n) is 2.06. The number of nitrogens with zero attached hydrogens (tertiary/aromatic N) is 1. The molecule has 0 aliphatic rings. The predicted octanol–water partition coefficient (Wildman–Crippen LogP) is 2.47. The maximum absolute atomic E-state index is 10.3. The number of rotatable bonds is 1. The second kappa shape index (κ2) is 3.00. The van der Waals surface area contributed by atoms with Gasteiger partial charge in [0.15, 0.2) is 0 Å². The van der Waals surface area contributed by atoms with Crippen molar-refractivity contribution in [2.45, 2.75) is 6.92 Å². The van der Waals surface area contributed by atoms with Crippen molar-refractivity contribution in [1.29, 1.82) is 0 Å². The quantitative estimate of drug-likeness (QED) is 0.533. The lowest BCUT2D eigenvalue weighted by Crippen LogP contribution is -1.91. The molecule has 0 atom stereocenters. The fraction of sp³-hybridized carbons (Fsp3) is 0.143. The van der Waals surface area contributed by atoms with E-state index < -0.39 is 4.92 Å². The van der Waals surface area contributed by atoms with Crippen molar-refractivity contribution in [2.24, 2.45) is 0 Å². The molecular formula is C7H5BrNO2. The molecule has 1 aromatic carbocycles. The fourth-order valence-electron chi connectivity index (χ4n) is 0.737. The molecular weight excluding hydrogens is 210 g/mol. The molecule has 4 heteroatoms. The molecule has 3 nitrogen and oxygen atoms in total. The van der Waals surface area contributed by atoms with Crippen LogP contribution in [-0.2, 0) is 0 Å². The molecule has 11 heavy (non-hydrogen) atoms. The van der Waals surface area contributed by atoms with Gasteiger partial charge in [0.05, 0.1) is 4.92 Å². The summed E-state index contributed by atoms with van der Waals surface area (Å²) < 4.78 is 0.645. The topological polar surface area (TPSA) is 43.1 Å². The van der Waals surface area contributed by atoms with Crippen LogP contribution in [0.5, 0.6) is 0 Å². The Morgan fingerprint density at radius 1 is 1.73 bits per heavy atom. The highest BCUT2D eigenvalue weighted by atomic mass is 79.9. The maximum atomic E-state index is 10.3. The summed E-state index contributed by atoms with van der Waals surface area (Å²) in [4.78, 5) is 9.94. The molecule has 1 aromatic rings. The van der Waals surface area contributed by atoms with Crippen molar-refractivity contribution in [1.82, 2.24) is 0 Å². The van der Waals surface area contributed by atoms with E-state index in [9.17, 15) is 10.1 Å². The molecule has 0 bridgehead atoms. The molecule has 0 aliphatic carbocycles. The number of nitro benzene ring substituents is 1. The minimum Gasteiger partial charge on any atom is -0.258 e. The third kappa shape index (κ3) is 1.57. The van der Waals surface area contributed by atoms with Crippen molar-refractivity contribution in [3.05, 3.63) is 38.3 Å². The Kier molecular flexibility index (Phi) is 2.24. The summed E-state index contributed by atoms with van der Waals surface area (Å²) in [5.41, 5.74) is 0.730. The molecule has 0 aliphatic heterocycles. The molecule has 0 fully saturated rings. The maximum Gasteiger partial charge on any atom is 0.273 e. The van der Waals surface area contributed by atoms with E-state index >= 15 is 0 Å². The van der Waals surface area contributed by atoms with E-state index in [0.717, 1.165) is 0 Å². The van der Waals surface area contributed by atoms with Crippen molar-refractivity contribution in [2.75, 3.05) is 0 Å². The molecule has 0 spiro atoms. The first-order chi connectivity index (χ1) is 5.13. The summed E-state index contributed by atoms with van der Waals surface area (Å²) >= 11 is 3.15. The van der Waals surface area contributed by atoms with Gasteiger partial charge < -0.3 is 0 Å². The van der Waals surface area contributed by atoms with E-state index in [-0.39, 0.29) is 5.69 Å². The summed E-state index contributed by atoms with van der Waals surface area (Å²) in [6.45, 7) is 1.68. The van der Waals surface area contributed by atoms with Gasteiger partial charge in [0, 0.05) is 16.1 Å². The molecule has 0 unspecified atom stereocenters. The van der Waals surface area contributed by atoms with E-state index in [1.807, 2.05) is 0 Å². The summed E-state index contributed by atoms with van der Waals surface area (Å²) in [5, 5.41) is 10.3. The fourth-order valence-corrected chi connectivity index (χ4v) is 1.07. The first-order valence-electron chi connectivity index (χ1n) is 2.94. The molecule has 57 valence electrons. The highest BCUT2D eigenvalue weighted by molar-refractivity contribution is 9.10. The van der Waals surface area contributed by atoms with Gasteiger partial charge in [-0.15, -0.1) is 0 Å². The Hall–Kier alpha value is -0.900. The molecule has 0 heterocycles. The van der Waals surface area contributed by atoms with Gasteiger partial charge in [-0.2, -0.15) is 0 Å². The Morgan fingerprint density at radius 2 is 2.36 bits per heavy atom. The molecule has 0 saturated heterocycles. The van der Waals surface area contributed by atoms with Crippen molar-refractivity contribution < 1.29 is 4.92 Å². The van der Waals surface area contributed by atoms with Gasteiger partial charge in [-0.25, -0.2) is 0 Å². The average Bonchev–Trinajstić information content (AvgIpc) is 1.94. The van der Waals surface area contributed by atoms with Crippen molar-refractivity contribution in [3.8, 4) is 0 Å². The minimum atomic E-state index is -0.409. The molecule has 1 rings (SSSR count). The Balaban J connectivity index is 3.27. The predicted molar refractivity (Wildman–Crippen MR) is 44.4 cm³/mol. The Morgan fingerprint density at radius 3 is 2.82 bits per heavy atom. The van der Waals surface area contributed by atoms with Crippen LogP contribution >= 0.6 is 15.9 Å². The Labute approximate surface area is 72.3 Å². The lowest BCUT2D eigenvalue weighted by Gasteiger charge is -1.96. The van der Waals surface area contributed by atoms with Gasteiger partial charge in [-0.1, -0.05) is 0 Å². The first kappa shape index (κ1) is 8.20. The summed E-state index contributed by atoms with van der Waals surface area (Å²) in [7, 11) is 0. The van der Waals surface area contributed by atoms with Crippen LogP contribution in [0.3, 0.4) is 0 Å². The van der Waals surface area contributed by atoms with E-state index in [2.05, 4.69) is 22.0 Å². The average molecular weight is 215 g/mol. The number of benzene rings is 1. The van der Waals surface area contributed by atoms with Gasteiger partial charge in [-0.3, -0.25) is 10.1 Å². The van der Waals surface area contributed by atoms with Crippen LogP contribution in [0.25, 0.3) is 0 Å². The number of hydrogen-bond acceptors (Lipinski definition) is 2. The zero-order valence-electron chi connectivity index (χ0n) is 5.80. The van der Waals surface area contributed by atoms with Crippen LogP contribution in [0, 0.1) is 23.1 Å². The number of halogens is 1. The van der Waals surface area contributed by atoms with E-state index in [0.29, 0.717) is 10.0 Å². The summed E-state index contributed by atoms with van der Waals surface area (Å²) in [5.74, 6) is 0. The Bertz CT molecular complexity index is 298. The third-order valence-electron chi connectivity index (χ3n) is 1.36. The van der Waals surface area contributed by atoms with Gasteiger partial charge in [-0.05, 0) is 35.0 Å². The largest absolute Gasteiger partial charge is 0.273 e. The number of nitro groups is 1. The first-order valence-corrected chi connectivity index (χ1v) is 3.73. The van der Waals surface area contributed by atoms with Gasteiger partial charge >= 0.3 is 0 Å². The highest BCUT2D eigenvalue weighted by Gasteiger charge is 2.10.